The summed E-state index contributed by atoms with van der Waals surface area (Å²) in [4.78, 5) is 10.6. The average Bonchev–Trinajstić information content (AvgIpc) is 2.04. The number of rotatable bonds is 2. The Bertz CT molecular complexity index is 191. The molecule has 0 aromatic heterocycles. The van der Waals surface area contributed by atoms with Gasteiger partial charge in [0.15, 0.2) is 0 Å². The molecule has 4 heteroatoms. The van der Waals surface area contributed by atoms with Crippen molar-refractivity contribution in [2.45, 2.75) is 38.7 Å². The van der Waals surface area contributed by atoms with Crippen molar-refractivity contribution in [2.24, 2.45) is 5.92 Å². The number of amides is 1. The van der Waals surface area contributed by atoms with E-state index in [0.717, 1.165) is 0 Å². The van der Waals surface area contributed by atoms with Crippen LogP contribution in [0.15, 0.2) is 0 Å². The topological polar surface area (TPSA) is 29.1 Å². The maximum Gasteiger partial charge on any atom is 0.326 e. The van der Waals surface area contributed by atoms with Crippen molar-refractivity contribution in [2.75, 3.05) is 0 Å². The Kier molecular flexibility index (Phi) is 2.35. The first-order valence-electron chi connectivity index (χ1n) is 4.10. The molecular weight excluding hydrogens is 164 g/mol. The van der Waals surface area contributed by atoms with Gasteiger partial charge in [-0.2, -0.15) is 8.78 Å². The van der Waals surface area contributed by atoms with Gasteiger partial charge in [0.05, 0.1) is 0 Å². The van der Waals surface area contributed by atoms with Crippen LogP contribution in [0.3, 0.4) is 0 Å². The molecule has 1 heterocycles. The number of hydrogen-bond donors (Lipinski definition) is 1. The lowest BCUT2D eigenvalue weighted by Gasteiger charge is -2.11. The van der Waals surface area contributed by atoms with Gasteiger partial charge >= 0.3 is 5.92 Å². The second-order valence-electron chi connectivity index (χ2n) is 3.71. The third-order valence-corrected chi connectivity index (χ3v) is 1.93. The monoisotopic (exact) mass is 177 g/mol. The van der Waals surface area contributed by atoms with E-state index in [-0.39, 0.29) is 12.5 Å². The minimum Gasteiger partial charge on any atom is -0.348 e. The van der Waals surface area contributed by atoms with E-state index in [1.807, 2.05) is 13.8 Å². The number of carbonyl (C=O) groups is 1. The average molecular weight is 177 g/mol. The first-order valence-corrected chi connectivity index (χ1v) is 4.10. The summed E-state index contributed by atoms with van der Waals surface area (Å²) < 4.78 is 25.3. The van der Waals surface area contributed by atoms with E-state index in [9.17, 15) is 13.6 Å². The summed E-state index contributed by atoms with van der Waals surface area (Å²) in [7, 11) is 0. The highest BCUT2D eigenvalue weighted by Crippen LogP contribution is 2.29. The molecule has 0 saturated carbocycles. The maximum atomic E-state index is 12.6. The molecule has 2 nitrogen and oxygen atoms in total. The van der Waals surface area contributed by atoms with E-state index in [4.69, 9.17) is 0 Å². The molecule has 1 amide bonds. The Balaban J connectivity index is 2.50. The molecule has 1 fully saturated rings. The molecule has 70 valence electrons. The first-order chi connectivity index (χ1) is 5.42. The number of nitrogens with one attached hydrogen (secondary N) is 1. The molecule has 1 N–H and O–H groups in total. The van der Waals surface area contributed by atoms with Gasteiger partial charge in [-0.3, -0.25) is 4.79 Å². The largest absolute Gasteiger partial charge is 0.348 e. The van der Waals surface area contributed by atoms with E-state index in [1.54, 1.807) is 0 Å². The lowest BCUT2D eigenvalue weighted by Crippen LogP contribution is -2.30. The molecule has 1 rings (SSSR count). The summed E-state index contributed by atoms with van der Waals surface area (Å²) >= 11 is 0. The van der Waals surface area contributed by atoms with Gasteiger partial charge in [0.1, 0.15) is 0 Å². The SMILES string of the molecule is CC(C)C[C@@H]1CC(F)(F)C(=O)N1. The van der Waals surface area contributed by atoms with Crippen molar-refractivity contribution < 1.29 is 13.6 Å². The lowest BCUT2D eigenvalue weighted by atomic mass is 10.0. The Labute approximate surface area is 70.3 Å². The van der Waals surface area contributed by atoms with Gasteiger partial charge in [0.25, 0.3) is 5.91 Å². The zero-order chi connectivity index (χ0) is 9.35. The summed E-state index contributed by atoms with van der Waals surface area (Å²) in [6.45, 7) is 3.89. The molecule has 0 aromatic carbocycles. The molecule has 1 aliphatic heterocycles. The molecule has 0 aliphatic carbocycles. The smallest absolute Gasteiger partial charge is 0.326 e. The van der Waals surface area contributed by atoms with E-state index in [2.05, 4.69) is 5.32 Å². The summed E-state index contributed by atoms with van der Waals surface area (Å²) in [6.07, 6.45) is 0.283. The molecule has 0 unspecified atom stereocenters. The van der Waals surface area contributed by atoms with Crippen LogP contribution in [0.5, 0.6) is 0 Å². The molecule has 0 bridgehead atoms. The fourth-order valence-corrected chi connectivity index (χ4v) is 1.46. The van der Waals surface area contributed by atoms with Gasteiger partial charge < -0.3 is 5.32 Å². The van der Waals surface area contributed by atoms with Crippen LogP contribution in [0.4, 0.5) is 8.78 Å². The van der Waals surface area contributed by atoms with Crippen molar-refractivity contribution >= 4 is 5.91 Å². The maximum absolute atomic E-state index is 12.6. The first kappa shape index (κ1) is 9.42. The van der Waals surface area contributed by atoms with Gasteiger partial charge in [-0.05, 0) is 12.3 Å². The van der Waals surface area contributed by atoms with Crippen LogP contribution in [-0.4, -0.2) is 17.9 Å². The van der Waals surface area contributed by atoms with Crippen molar-refractivity contribution in [3.63, 3.8) is 0 Å². The summed E-state index contributed by atoms with van der Waals surface area (Å²) in [5.41, 5.74) is 0. The van der Waals surface area contributed by atoms with E-state index in [0.29, 0.717) is 12.3 Å². The highest BCUT2D eigenvalue weighted by molar-refractivity contribution is 5.85. The highest BCUT2D eigenvalue weighted by Gasteiger charge is 2.47. The lowest BCUT2D eigenvalue weighted by molar-refractivity contribution is -0.139. The molecule has 0 aromatic rings. The van der Waals surface area contributed by atoms with E-state index < -0.39 is 11.8 Å². The second-order valence-corrected chi connectivity index (χ2v) is 3.71. The van der Waals surface area contributed by atoms with Crippen molar-refractivity contribution in [3.8, 4) is 0 Å². The number of carbonyl (C=O) groups excluding carboxylic acids is 1. The minimum absolute atomic E-state index is 0.337. The number of alkyl halides is 2. The summed E-state index contributed by atoms with van der Waals surface area (Å²) in [5, 5.41) is 2.29. The molecule has 1 atom stereocenters. The molecule has 1 aliphatic rings. The fourth-order valence-electron chi connectivity index (χ4n) is 1.46. The quantitative estimate of drug-likeness (QED) is 0.681. The Morgan fingerprint density at radius 3 is 2.58 bits per heavy atom. The Morgan fingerprint density at radius 1 is 1.67 bits per heavy atom. The minimum atomic E-state index is -3.14. The molecule has 0 spiro atoms. The molecule has 12 heavy (non-hydrogen) atoms. The molecular formula is C8H13F2NO. The summed E-state index contributed by atoms with van der Waals surface area (Å²) in [6, 6.07) is -0.340. The Hall–Kier alpha value is -0.670. The molecule has 0 radical (unpaired) electrons. The highest BCUT2D eigenvalue weighted by atomic mass is 19.3. The molecule has 1 saturated heterocycles. The van der Waals surface area contributed by atoms with Crippen LogP contribution in [0.25, 0.3) is 0 Å². The summed E-state index contributed by atoms with van der Waals surface area (Å²) in [5.74, 6) is -3.92. The third kappa shape index (κ3) is 1.93. The van der Waals surface area contributed by atoms with Crippen LogP contribution in [0.1, 0.15) is 26.7 Å². The van der Waals surface area contributed by atoms with Gasteiger partial charge in [0.2, 0.25) is 0 Å². The zero-order valence-corrected chi connectivity index (χ0v) is 7.23. The number of hydrogen-bond acceptors (Lipinski definition) is 1. The van der Waals surface area contributed by atoms with Crippen LogP contribution in [-0.2, 0) is 4.79 Å². The van der Waals surface area contributed by atoms with E-state index in [1.165, 1.54) is 0 Å². The zero-order valence-electron chi connectivity index (χ0n) is 7.23. The van der Waals surface area contributed by atoms with Crippen molar-refractivity contribution in [3.05, 3.63) is 0 Å². The van der Waals surface area contributed by atoms with Gasteiger partial charge in [-0.25, -0.2) is 0 Å². The number of halogens is 2. The Morgan fingerprint density at radius 2 is 2.25 bits per heavy atom. The van der Waals surface area contributed by atoms with Crippen molar-refractivity contribution in [1.29, 1.82) is 0 Å². The second kappa shape index (κ2) is 2.99. The van der Waals surface area contributed by atoms with Crippen LogP contribution < -0.4 is 5.32 Å². The van der Waals surface area contributed by atoms with Crippen LogP contribution in [0.2, 0.25) is 0 Å². The van der Waals surface area contributed by atoms with E-state index >= 15 is 0 Å². The normalized spacial score (nSPS) is 27.8. The van der Waals surface area contributed by atoms with Gasteiger partial charge in [-0.1, -0.05) is 13.8 Å². The van der Waals surface area contributed by atoms with Crippen LogP contribution in [0, 0.1) is 5.92 Å². The predicted octanol–water partition coefficient (Wildman–Crippen LogP) is 1.56. The van der Waals surface area contributed by atoms with Crippen molar-refractivity contribution in [1.82, 2.24) is 5.32 Å². The third-order valence-electron chi connectivity index (χ3n) is 1.93. The van der Waals surface area contributed by atoms with Gasteiger partial charge in [-0.15, -0.1) is 0 Å². The fraction of sp³-hybridized carbons (Fsp3) is 0.875. The van der Waals surface area contributed by atoms with Crippen LogP contribution >= 0.6 is 0 Å². The standard InChI is InChI=1S/C8H13F2NO/c1-5(2)3-6-4-8(9,10)7(12)11-6/h5-6H,3-4H2,1-2H3,(H,11,12)/t6-/m1/s1. The predicted molar refractivity (Wildman–Crippen MR) is 40.9 cm³/mol. The van der Waals surface area contributed by atoms with Gasteiger partial charge in [0, 0.05) is 12.5 Å².